The Hall–Kier alpha value is -3.20. The lowest BCUT2D eigenvalue weighted by molar-refractivity contribution is -0.140. The van der Waals surface area contributed by atoms with Gasteiger partial charge in [-0.3, -0.25) is 19.1 Å². The standard InChI is InChI=1S/C31H41N5O4/c1-18(2)36-25(13-16-32-36)28(37)35-27(26(19-5-6-19)20-7-8-20)29(38)33-22-10-11-23-21(17-22)9-12-24(23)34-30(39)31(40)14-3-4-15-31/h10-11,13,16-20,24,26-27,40H,3-9,12,14-15H2,1-2H3,(H,33,38)(H,34,39)(H,35,37)/t24-,27+/m1/s1. The van der Waals surface area contributed by atoms with Crippen molar-refractivity contribution in [3.05, 3.63) is 47.3 Å². The summed E-state index contributed by atoms with van der Waals surface area (Å²) in [7, 11) is 0. The van der Waals surface area contributed by atoms with Crippen LogP contribution in [0.25, 0.3) is 0 Å². The quantitative estimate of drug-likeness (QED) is 0.357. The molecule has 0 aliphatic heterocycles. The maximum atomic E-state index is 13.8. The Labute approximate surface area is 235 Å². The van der Waals surface area contributed by atoms with Gasteiger partial charge in [0.25, 0.3) is 11.8 Å². The van der Waals surface area contributed by atoms with Gasteiger partial charge in [-0.2, -0.15) is 5.10 Å². The van der Waals surface area contributed by atoms with Gasteiger partial charge in [0, 0.05) is 17.9 Å². The molecule has 40 heavy (non-hydrogen) atoms. The van der Waals surface area contributed by atoms with Crippen LogP contribution in [0.3, 0.4) is 0 Å². The predicted molar refractivity (Wildman–Crippen MR) is 150 cm³/mol. The number of nitrogens with zero attached hydrogens (tertiary/aromatic N) is 2. The minimum Gasteiger partial charge on any atom is -0.380 e. The predicted octanol–water partition coefficient (Wildman–Crippen LogP) is 4.05. The van der Waals surface area contributed by atoms with Crippen LogP contribution in [0.1, 0.15) is 105 Å². The zero-order chi connectivity index (χ0) is 28.0. The lowest BCUT2D eigenvalue weighted by Crippen LogP contribution is -2.50. The normalized spacial score (nSPS) is 22.3. The van der Waals surface area contributed by atoms with Crippen molar-refractivity contribution in [1.29, 1.82) is 0 Å². The van der Waals surface area contributed by atoms with Gasteiger partial charge in [0.2, 0.25) is 5.91 Å². The van der Waals surface area contributed by atoms with Gasteiger partial charge in [0.1, 0.15) is 17.3 Å². The first kappa shape index (κ1) is 27.0. The number of rotatable bonds is 10. The summed E-state index contributed by atoms with van der Waals surface area (Å²) in [6, 6.07) is 6.82. The molecule has 1 aromatic carbocycles. The number of amides is 3. The van der Waals surface area contributed by atoms with E-state index in [4.69, 9.17) is 0 Å². The average molecular weight is 548 g/mol. The minimum atomic E-state index is -1.25. The molecule has 0 radical (unpaired) electrons. The van der Waals surface area contributed by atoms with E-state index in [1.54, 1.807) is 16.9 Å². The number of hydrogen-bond donors (Lipinski definition) is 4. The van der Waals surface area contributed by atoms with Gasteiger partial charge in [-0.25, -0.2) is 0 Å². The molecule has 4 aliphatic carbocycles. The SMILES string of the molecule is CC(C)n1nccc1C(=O)N[C@H](C(=O)Nc1ccc2c(c1)CC[C@H]2NC(=O)C1(O)CCCC1)C(C1CC1)C1CC1. The van der Waals surface area contributed by atoms with E-state index in [0.717, 1.165) is 62.5 Å². The molecule has 4 N–H and O–H groups in total. The molecule has 0 spiro atoms. The molecule has 4 aliphatic rings. The van der Waals surface area contributed by atoms with Crippen LogP contribution < -0.4 is 16.0 Å². The van der Waals surface area contributed by atoms with Gasteiger partial charge >= 0.3 is 0 Å². The van der Waals surface area contributed by atoms with E-state index in [1.807, 2.05) is 32.0 Å². The number of carbonyl (C=O) groups is 3. The summed E-state index contributed by atoms with van der Waals surface area (Å²) in [5.74, 6) is 0.349. The van der Waals surface area contributed by atoms with Gasteiger partial charge in [-0.05, 0) is 125 Å². The fourth-order valence-corrected chi connectivity index (χ4v) is 6.89. The van der Waals surface area contributed by atoms with Crippen molar-refractivity contribution < 1.29 is 19.5 Å². The maximum Gasteiger partial charge on any atom is 0.270 e. The molecule has 2 atom stereocenters. The van der Waals surface area contributed by atoms with Crippen LogP contribution in [-0.4, -0.2) is 44.3 Å². The molecule has 1 heterocycles. The second kappa shape index (κ2) is 10.7. The highest BCUT2D eigenvalue weighted by Gasteiger charge is 2.48. The summed E-state index contributed by atoms with van der Waals surface area (Å²) < 4.78 is 1.69. The summed E-state index contributed by atoms with van der Waals surface area (Å²) >= 11 is 0. The Morgan fingerprint density at radius 1 is 1.02 bits per heavy atom. The molecule has 6 rings (SSSR count). The van der Waals surface area contributed by atoms with E-state index in [-0.39, 0.29) is 35.7 Å². The number of fused-ring (bicyclic) bond motifs is 1. The molecule has 0 saturated heterocycles. The van der Waals surface area contributed by atoms with E-state index in [2.05, 4.69) is 21.0 Å². The molecule has 0 bridgehead atoms. The van der Waals surface area contributed by atoms with Crippen molar-refractivity contribution in [2.24, 2.45) is 17.8 Å². The highest BCUT2D eigenvalue weighted by atomic mass is 16.3. The van der Waals surface area contributed by atoms with Gasteiger partial charge in [0.15, 0.2) is 0 Å². The largest absolute Gasteiger partial charge is 0.380 e. The first-order chi connectivity index (χ1) is 19.2. The van der Waals surface area contributed by atoms with Crippen LogP contribution >= 0.6 is 0 Å². The summed E-state index contributed by atoms with van der Waals surface area (Å²) in [6.07, 6.45) is 10.4. The second-order valence-corrected chi connectivity index (χ2v) is 12.7. The number of aryl methyl sites for hydroxylation is 1. The lowest BCUT2D eigenvalue weighted by Gasteiger charge is -2.28. The zero-order valence-corrected chi connectivity index (χ0v) is 23.5. The van der Waals surface area contributed by atoms with Crippen LogP contribution in [0.4, 0.5) is 5.69 Å². The van der Waals surface area contributed by atoms with E-state index >= 15 is 0 Å². The van der Waals surface area contributed by atoms with Crippen LogP contribution in [0.2, 0.25) is 0 Å². The van der Waals surface area contributed by atoms with E-state index < -0.39 is 11.6 Å². The Kier molecular flexibility index (Phi) is 7.19. The smallest absolute Gasteiger partial charge is 0.270 e. The Morgan fingerprint density at radius 2 is 1.73 bits per heavy atom. The third kappa shape index (κ3) is 5.40. The Bertz CT molecular complexity index is 1280. The number of carbonyl (C=O) groups excluding carboxylic acids is 3. The first-order valence-electron chi connectivity index (χ1n) is 15.0. The Balaban J connectivity index is 1.17. The van der Waals surface area contributed by atoms with Gasteiger partial charge in [0.05, 0.1) is 6.04 Å². The Morgan fingerprint density at radius 3 is 2.38 bits per heavy atom. The molecule has 9 heteroatoms. The van der Waals surface area contributed by atoms with Crippen LogP contribution in [-0.2, 0) is 16.0 Å². The molecule has 3 saturated carbocycles. The minimum absolute atomic E-state index is 0.0341. The van der Waals surface area contributed by atoms with Crippen molar-refractivity contribution in [3.8, 4) is 0 Å². The van der Waals surface area contributed by atoms with Crippen molar-refractivity contribution in [2.45, 2.75) is 102 Å². The first-order valence-corrected chi connectivity index (χ1v) is 15.0. The highest BCUT2D eigenvalue weighted by Crippen LogP contribution is 2.51. The molecule has 3 amide bonds. The van der Waals surface area contributed by atoms with E-state index in [9.17, 15) is 19.5 Å². The number of aromatic nitrogens is 2. The monoisotopic (exact) mass is 547 g/mol. The number of aliphatic hydroxyl groups is 1. The fraction of sp³-hybridized carbons (Fsp3) is 0.613. The molecule has 1 aromatic heterocycles. The van der Waals surface area contributed by atoms with Crippen molar-refractivity contribution in [1.82, 2.24) is 20.4 Å². The number of hydrogen-bond acceptors (Lipinski definition) is 5. The summed E-state index contributed by atoms with van der Waals surface area (Å²) in [6.45, 7) is 3.96. The van der Waals surface area contributed by atoms with E-state index in [1.165, 1.54) is 0 Å². The van der Waals surface area contributed by atoms with Crippen LogP contribution in [0.15, 0.2) is 30.5 Å². The third-order valence-electron chi connectivity index (χ3n) is 9.33. The highest BCUT2D eigenvalue weighted by molar-refractivity contribution is 6.01. The van der Waals surface area contributed by atoms with Crippen molar-refractivity contribution >= 4 is 23.4 Å². The molecule has 3 fully saturated rings. The second-order valence-electron chi connectivity index (χ2n) is 12.7. The summed E-state index contributed by atoms with van der Waals surface area (Å²) in [4.78, 5) is 40.0. The summed E-state index contributed by atoms with van der Waals surface area (Å²) in [5.41, 5.74) is 2.04. The molecular weight excluding hydrogens is 506 g/mol. The number of benzene rings is 1. The summed E-state index contributed by atoms with van der Waals surface area (Å²) in [5, 5.41) is 24.2. The molecule has 0 unspecified atom stereocenters. The number of anilines is 1. The van der Waals surface area contributed by atoms with Crippen molar-refractivity contribution in [3.63, 3.8) is 0 Å². The van der Waals surface area contributed by atoms with Gasteiger partial charge in [-0.15, -0.1) is 0 Å². The lowest BCUT2D eigenvalue weighted by atomic mass is 9.88. The molecule has 2 aromatic rings. The van der Waals surface area contributed by atoms with Gasteiger partial charge < -0.3 is 21.1 Å². The van der Waals surface area contributed by atoms with Gasteiger partial charge in [-0.1, -0.05) is 6.07 Å². The average Bonchev–Trinajstić information content (AvgIpc) is 3.81. The van der Waals surface area contributed by atoms with Crippen LogP contribution in [0.5, 0.6) is 0 Å². The topological polar surface area (TPSA) is 125 Å². The zero-order valence-electron chi connectivity index (χ0n) is 23.5. The number of nitrogens with one attached hydrogen (secondary N) is 3. The molecule has 214 valence electrons. The molecule has 9 nitrogen and oxygen atoms in total. The van der Waals surface area contributed by atoms with Crippen molar-refractivity contribution in [2.75, 3.05) is 5.32 Å². The maximum absolute atomic E-state index is 13.8. The van der Waals surface area contributed by atoms with E-state index in [0.29, 0.717) is 36.1 Å². The molecular formula is C31H41N5O4. The third-order valence-corrected chi connectivity index (χ3v) is 9.33. The fourth-order valence-electron chi connectivity index (χ4n) is 6.89. The van der Waals surface area contributed by atoms with Crippen LogP contribution in [0, 0.1) is 17.8 Å².